The summed E-state index contributed by atoms with van der Waals surface area (Å²) in [5.74, 6) is -1.10. The van der Waals surface area contributed by atoms with Crippen LogP contribution in [-0.2, 0) is 9.53 Å². The van der Waals surface area contributed by atoms with Crippen molar-refractivity contribution in [2.45, 2.75) is 40.2 Å². The Hall–Kier alpha value is -1.26. The number of aliphatic carboxylic acids is 1. The van der Waals surface area contributed by atoms with Crippen LogP contribution in [0.15, 0.2) is 0 Å². The van der Waals surface area contributed by atoms with Gasteiger partial charge >= 0.3 is 12.1 Å². The Morgan fingerprint density at radius 2 is 1.79 bits per heavy atom. The van der Waals surface area contributed by atoms with Crippen molar-refractivity contribution in [1.82, 2.24) is 5.32 Å². The molecule has 0 aliphatic rings. The van der Waals surface area contributed by atoms with E-state index in [9.17, 15) is 9.59 Å². The van der Waals surface area contributed by atoms with Crippen LogP contribution in [0.2, 0.25) is 0 Å². The number of ether oxygens (including phenoxy) is 1. The lowest BCUT2D eigenvalue weighted by Gasteiger charge is -2.19. The van der Waals surface area contributed by atoms with Gasteiger partial charge in [-0.15, -0.1) is 0 Å². The molecule has 0 aliphatic carbocycles. The first kappa shape index (κ1) is 15.2. The minimum absolute atomic E-state index is 0. The molecular weight excluding hydrogens is 186 g/mol. The van der Waals surface area contributed by atoms with Crippen LogP contribution in [0.3, 0.4) is 0 Å². The molecule has 0 saturated heterocycles. The number of alkyl carbamates (subject to hydrolysis) is 1. The first-order chi connectivity index (χ1) is 6.31. The SMILES string of the molecule is CC.CC(C)(C)OC(=O)NCC(=O)O.[HH]. The first-order valence-electron chi connectivity index (χ1n) is 4.50. The fourth-order valence-corrected chi connectivity index (χ4v) is 0.462. The summed E-state index contributed by atoms with van der Waals surface area (Å²) >= 11 is 0. The van der Waals surface area contributed by atoms with E-state index in [4.69, 9.17) is 9.84 Å². The highest BCUT2D eigenvalue weighted by Gasteiger charge is 2.15. The van der Waals surface area contributed by atoms with Gasteiger partial charge in [-0.1, -0.05) is 13.8 Å². The maximum absolute atomic E-state index is 10.8. The molecule has 0 fully saturated rings. The van der Waals surface area contributed by atoms with Crippen molar-refractivity contribution in [3.8, 4) is 0 Å². The molecule has 0 spiro atoms. The Morgan fingerprint density at radius 3 is 2.07 bits per heavy atom. The highest BCUT2D eigenvalue weighted by Crippen LogP contribution is 2.05. The van der Waals surface area contributed by atoms with E-state index < -0.39 is 24.2 Å². The van der Waals surface area contributed by atoms with Crippen LogP contribution >= 0.6 is 0 Å². The zero-order chi connectivity index (χ0) is 11.8. The number of carbonyl (C=O) groups excluding carboxylic acids is 1. The van der Waals surface area contributed by atoms with Crippen LogP contribution in [0.25, 0.3) is 0 Å². The summed E-state index contributed by atoms with van der Waals surface area (Å²) in [6.07, 6.45) is -0.718. The highest BCUT2D eigenvalue weighted by atomic mass is 16.6. The van der Waals surface area contributed by atoms with Crippen molar-refractivity contribution in [3.05, 3.63) is 0 Å². The molecule has 0 unspecified atom stereocenters. The molecule has 14 heavy (non-hydrogen) atoms. The normalized spacial score (nSPS) is 9.50. The molecule has 0 radical (unpaired) electrons. The third-order valence-corrected chi connectivity index (χ3v) is 0.783. The van der Waals surface area contributed by atoms with Crippen molar-refractivity contribution in [1.29, 1.82) is 0 Å². The number of amides is 1. The minimum atomic E-state index is -1.10. The van der Waals surface area contributed by atoms with Crippen molar-refractivity contribution in [2.75, 3.05) is 6.54 Å². The van der Waals surface area contributed by atoms with Gasteiger partial charge in [0.1, 0.15) is 12.1 Å². The molecule has 5 heteroatoms. The fraction of sp³-hybridized carbons (Fsp3) is 0.778. The zero-order valence-corrected chi connectivity index (χ0v) is 9.38. The molecule has 0 heterocycles. The van der Waals surface area contributed by atoms with E-state index in [1.807, 2.05) is 13.8 Å². The highest BCUT2D eigenvalue weighted by molar-refractivity contribution is 5.76. The number of rotatable bonds is 2. The van der Waals surface area contributed by atoms with Gasteiger partial charge in [0.25, 0.3) is 0 Å². The monoisotopic (exact) mass is 207 g/mol. The van der Waals surface area contributed by atoms with E-state index in [1.165, 1.54) is 0 Å². The van der Waals surface area contributed by atoms with Crippen LogP contribution in [0, 0.1) is 0 Å². The third kappa shape index (κ3) is 13.3. The molecule has 86 valence electrons. The lowest BCUT2D eigenvalue weighted by atomic mass is 10.2. The van der Waals surface area contributed by atoms with E-state index in [0.29, 0.717) is 0 Å². The number of hydrogen-bond donors (Lipinski definition) is 2. The summed E-state index contributed by atoms with van der Waals surface area (Å²) in [6.45, 7) is 8.68. The standard InChI is InChI=1S/C7H13NO4.C2H6.H2/c1-7(2,3)12-6(11)8-4-5(9)10;1-2;/h4H2,1-3H3,(H,8,11)(H,9,10);1-2H3;1H. The fourth-order valence-electron chi connectivity index (χ4n) is 0.462. The number of carboxylic acids is 1. The summed E-state index contributed by atoms with van der Waals surface area (Å²) in [6, 6.07) is 0. The quantitative estimate of drug-likeness (QED) is 0.724. The number of hydrogen-bond acceptors (Lipinski definition) is 3. The van der Waals surface area contributed by atoms with Crippen LogP contribution in [0.5, 0.6) is 0 Å². The zero-order valence-electron chi connectivity index (χ0n) is 9.38. The number of carboxylic acid groups (broad SMARTS) is 1. The number of carbonyl (C=O) groups is 2. The largest absolute Gasteiger partial charge is 0.480 e. The van der Waals surface area contributed by atoms with E-state index in [2.05, 4.69) is 5.32 Å². The van der Waals surface area contributed by atoms with E-state index in [1.54, 1.807) is 20.8 Å². The summed E-state index contributed by atoms with van der Waals surface area (Å²) < 4.78 is 4.77. The summed E-state index contributed by atoms with van der Waals surface area (Å²) in [4.78, 5) is 20.8. The second kappa shape index (κ2) is 7.17. The molecule has 0 aromatic carbocycles. The Labute approximate surface area is 85.9 Å². The van der Waals surface area contributed by atoms with Gasteiger partial charge in [0, 0.05) is 1.43 Å². The van der Waals surface area contributed by atoms with Crippen molar-refractivity contribution in [3.63, 3.8) is 0 Å². The molecule has 0 saturated carbocycles. The molecular formula is C9H21NO4. The Morgan fingerprint density at radius 1 is 1.36 bits per heavy atom. The van der Waals surface area contributed by atoms with Crippen molar-refractivity contribution < 1.29 is 20.9 Å². The van der Waals surface area contributed by atoms with Gasteiger partial charge < -0.3 is 15.2 Å². The van der Waals surface area contributed by atoms with Crippen LogP contribution < -0.4 is 5.32 Å². The van der Waals surface area contributed by atoms with Gasteiger partial charge in [0.05, 0.1) is 0 Å². The van der Waals surface area contributed by atoms with Gasteiger partial charge in [0.15, 0.2) is 0 Å². The van der Waals surface area contributed by atoms with Crippen LogP contribution in [-0.4, -0.2) is 29.3 Å². The lowest BCUT2D eigenvalue weighted by molar-refractivity contribution is -0.136. The first-order valence-corrected chi connectivity index (χ1v) is 4.50. The van der Waals surface area contributed by atoms with Gasteiger partial charge in [-0.2, -0.15) is 0 Å². The van der Waals surface area contributed by atoms with Crippen molar-refractivity contribution >= 4 is 12.1 Å². The average Bonchev–Trinajstić information content (AvgIpc) is 2.02. The summed E-state index contributed by atoms with van der Waals surface area (Å²) in [7, 11) is 0. The molecule has 5 nitrogen and oxygen atoms in total. The molecule has 0 aromatic rings. The molecule has 1 amide bonds. The molecule has 0 rings (SSSR count). The third-order valence-electron chi connectivity index (χ3n) is 0.783. The molecule has 0 aliphatic heterocycles. The number of nitrogens with one attached hydrogen (secondary N) is 1. The maximum atomic E-state index is 10.8. The molecule has 0 atom stereocenters. The Kier molecular flexibility index (Phi) is 7.80. The Balaban J connectivity index is -0.000000449. The Bertz CT molecular complexity index is 189. The predicted molar refractivity (Wildman–Crippen MR) is 55.3 cm³/mol. The van der Waals surface area contributed by atoms with Crippen LogP contribution in [0.4, 0.5) is 4.79 Å². The summed E-state index contributed by atoms with van der Waals surface area (Å²) in [5.41, 5.74) is -0.595. The second-order valence-electron chi connectivity index (χ2n) is 3.25. The molecule has 0 bridgehead atoms. The van der Waals surface area contributed by atoms with Gasteiger partial charge in [-0.25, -0.2) is 4.79 Å². The van der Waals surface area contributed by atoms with Crippen LogP contribution in [0.1, 0.15) is 36.0 Å². The van der Waals surface area contributed by atoms with E-state index >= 15 is 0 Å². The predicted octanol–water partition coefficient (Wildman–Crippen LogP) is 1.87. The van der Waals surface area contributed by atoms with Crippen molar-refractivity contribution in [2.24, 2.45) is 0 Å². The van der Waals surface area contributed by atoms with E-state index in [0.717, 1.165) is 0 Å². The maximum Gasteiger partial charge on any atom is 0.408 e. The van der Waals surface area contributed by atoms with Gasteiger partial charge in [-0.05, 0) is 20.8 Å². The van der Waals surface area contributed by atoms with Gasteiger partial charge in [-0.3, -0.25) is 4.79 Å². The summed E-state index contributed by atoms with van der Waals surface area (Å²) in [5, 5.41) is 10.3. The minimum Gasteiger partial charge on any atom is -0.480 e. The second-order valence-corrected chi connectivity index (χ2v) is 3.25. The molecule has 2 N–H and O–H groups in total. The smallest absolute Gasteiger partial charge is 0.408 e. The van der Waals surface area contributed by atoms with Gasteiger partial charge in [0.2, 0.25) is 0 Å². The topological polar surface area (TPSA) is 75.6 Å². The van der Waals surface area contributed by atoms with E-state index in [-0.39, 0.29) is 1.43 Å². The molecule has 0 aromatic heterocycles. The average molecular weight is 207 g/mol. The lowest BCUT2D eigenvalue weighted by Crippen LogP contribution is -2.35.